The molecule has 0 aliphatic carbocycles. The highest BCUT2D eigenvalue weighted by atomic mass is 19.1. The van der Waals surface area contributed by atoms with E-state index in [1.807, 2.05) is 0 Å². The Balaban J connectivity index is 2.14. The van der Waals surface area contributed by atoms with Crippen LogP contribution in [0.2, 0.25) is 0 Å². The Morgan fingerprint density at radius 1 is 1.29 bits per heavy atom. The monoisotopic (exact) mass is 434 g/mol. The third kappa shape index (κ3) is 5.30. The number of hydrogen-bond donors (Lipinski definition) is 1. The van der Waals surface area contributed by atoms with Crippen LogP contribution in [0.5, 0.6) is 11.6 Å². The van der Waals surface area contributed by atoms with Gasteiger partial charge in [-0.05, 0) is 43.9 Å². The van der Waals surface area contributed by atoms with Gasteiger partial charge in [0.25, 0.3) is 0 Å². The fourth-order valence-electron chi connectivity index (χ4n) is 3.12. The molecule has 1 aromatic heterocycles. The van der Waals surface area contributed by atoms with Crippen LogP contribution < -0.4 is 20.1 Å². The highest BCUT2D eigenvalue weighted by molar-refractivity contribution is 5.92. The number of hydrogen-bond acceptors (Lipinski definition) is 8. The molecule has 1 aromatic carbocycles. The molecule has 2 N–H and O–H groups in total. The van der Waals surface area contributed by atoms with Crippen LogP contribution in [0.4, 0.5) is 26.4 Å². The van der Waals surface area contributed by atoms with Gasteiger partial charge >= 0.3 is 11.8 Å². The van der Waals surface area contributed by atoms with Crippen LogP contribution in [-0.4, -0.2) is 35.8 Å². The smallest absolute Gasteiger partial charge is 0.414 e. The second-order valence-electron chi connectivity index (χ2n) is 6.78. The molecule has 3 rings (SSSR count). The van der Waals surface area contributed by atoms with Gasteiger partial charge in [-0.3, -0.25) is 15.0 Å². The normalized spacial score (nSPS) is 14.5. The van der Waals surface area contributed by atoms with E-state index in [0.717, 1.165) is 11.3 Å². The third-order valence-corrected chi connectivity index (χ3v) is 4.57. The number of pyridine rings is 1. The van der Waals surface area contributed by atoms with E-state index in [1.54, 1.807) is 6.92 Å². The maximum atomic E-state index is 14.2. The Bertz CT molecular complexity index is 971. The van der Waals surface area contributed by atoms with Crippen molar-refractivity contribution in [3.05, 3.63) is 45.8 Å². The zero-order chi connectivity index (χ0) is 22.4. The number of aromatic nitrogens is 1. The van der Waals surface area contributed by atoms with E-state index in [2.05, 4.69) is 4.98 Å². The summed E-state index contributed by atoms with van der Waals surface area (Å²) in [6.45, 7) is 2.10. The first-order chi connectivity index (χ1) is 14.9. The van der Waals surface area contributed by atoms with E-state index in [4.69, 9.17) is 19.9 Å². The van der Waals surface area contributed by atoms with Gasteiger partial charge in [-0.15, -0.1) is 0 Å². The van der Waals surface area contributed by atoms with Crippen LogP contribution in [0.3, 0.4) is 0 Å². The highest BCUT2D eigenvalue weighted by Crippen LogP contribution is 2.37. The molecule has 0 saturated heterocycles. The number of nitrogens with zero attached hydrogens (tertiary/aromatic N) is 3. The summed E-state index contributed by atoms with van der Waals surface area (Å²) >= 11 is 0. The largest absolute Gasteiger partial charge is 0.491 e. The molecular weight excluding hydrogens is 411 g/mol. The van der Waals surface area contributed by atoms with Gasteiger partial charge in [-0.1, -0.05) is 6.07 Å². The lowest BCUT2D eigenvalue weighted by Crippen LogP contribution is -2.32. The Labute approximate surface area is 177 Å². The van der Waals surface area contributed by atoms with Crippen molar-refractivity contribution in [3.63, 3.8) is 0 Å². The number of ether oxygens (including phenoxy) is 3. The Morgan fingerprint density at radius 2 is 2.03 bits per heavy atom. The lowest BCUT2D eigenvalue weighted by Gasteiger charge is -2.23. The predicted octanol–water partition coefficient (Wildman–Crippen LogP) is 3.82. The standard InChI is InChI=1S/C20H23FN4O6/c1-2-29-20(26)24-12-13-6-7-14(21)16(10-13)30-8-4-3-5-9-31-17-11-15(24)18(25(27)28)19(22)23-17/h6-7,10-11H,2-5,8-9,12H2,1H3,(H2,22,23). The average molecular weight is 434 g/mol. The average Bonchev–Trinajstić information content (AvgIpc) is 2.72. The lowest BCUT2D eigenvalue weighted by atomic mass is 10.1. The molecule has 2 aromatic rings. The fourth-order valence-corrected chi connectivity index (χ4v) is 3.12. The maximum Gasteiger partial charge on any atom is 0.414 e. The van der Waals surface area contributed by atoms with E-state index < -0.39 is 22.5 Å². The van der Waals surface area contributed by atoms with E-state index in [1.165, 1.54) is 24.3 Å². The molecule has 0 radical (unpaired) electrons. The second-order valence-corrected chi connectivity index (χ2v) is 6.78. The molecule has 1 aliphatic heterocycles. The van der Waals surface area contributed by atoms with Gasteiger partial charge in [0.15, 0.2) is 11.6 Å². The van der Waals surface area contributed by atoms with Crippen LogP contribution in [-0.2, 0) is 11.3 Å². The molecule has 11 heteroatoms. The molecule has 10 nitrogen and oxygen atoms in total. The number of benzene rings is 1. The Morgan fingerprint density at radius 3 is 2.74 bits per heavy atom. The number of rotatable bonds is 2. The molecule has 4 bridgehead atoms. The number of nitrogen functional groups attached to an aromatic ring is 1. The summed E-state index contributed by atoms with van der Waals surface area (Å²) in [4.78, 5) is 28.7. The number of nitrogens with two attached hydrogens (primary N) is 1. The second kappa shape index (κ2) is 9.92. The molecule has 1 aliphatic rings. The van der Waals surface area contributed by atoms with Gasteiger partial charge in [-0.2, -0.15) is 4.98 Å². The number of nitro groups is 1. The summed E-state index contributed by atoms with van der Waals surface area (Å²) in [7, 11) is 0. The van der Waals surface area contributed by atoms with Crippen molar-refractivity contribution in [2.45, 2.75) is 32.7 Å². The summed E-state index contributed by atoms with van der Waals surface area (Å²) in [6.07, 6.45) is 1.26. The zero-order valence-electron chi connectivity index (χ0n) is 17.0. The topological polar surface area (TPSA) is 130 Å². The molecule has 0 atom stereocenters. The first kappa shape index (κ1) is 22.1. The predicted molar refractivity (Wildman–Crippen MR) is 110 cm³/mol. The number of carbonyl (C=O) groups is 1. The van der Waals surface area contributed by atoms with Gasteiger partial charge in [0.2, 0.25) is 11.7 Å². The molecule has 0 spiro atoms. The minimum absolute atomic E-state index is 0.0388. The number of anilines is 2. The molecule has 2 heterocycles. The van der Waals surface area contributed by atoms with Crippen molar-refractivity contribution in [3.8, 4) is 11.6 Å². The molecule has 1 amide bonds. The number of carbonyl (C=O) groups excluding carboxylic acids is 1. The summed E-state index contributed by atoms with van der Waals surface area (Å²) in [5.74, 6) is -0.838. The van der Waals surface area contributed by atoms with Gasteiger partial charge in [-0.25, -0.2) is 9.18 Å². The van der Waals surface area contributed by atoms with Crippen molar-refractivity contribution in [1.29, 1.82) is 0 Å². The molecule has 31 heavy (non-hydrogen) atoms. The van der Waals surface area contributed by atoms with Crippen LogP contribution >= 0.6 is 0 Å². The summed E-state index contributed by atoms with van der Waals surface area (Å²) in [6, 6.07) is 5.41. The van der Waals surface area contributed by atoms with Gasteiger partial charge in [0, 0.05) is 6.07 Å². The SMILES string of the molecule is CCOC(=O)N1Cc2ccc(F)c(c2)OCCCCCOc2cc1c([N+](=O)[O-])c(N)n2. The summed E-state index contributed by atoms with van der Waals surface area (Å²) in [5.41, 5.74) is 5.63. The van der Waals surface area contributed by atoms with Gasteiger partial charge in [0.05, 0.1) is 31.3 Å². The maximum absolute atomic E-state index is 14.2. The van der Waals surface area contributed by atoms with Crippen LogP contribution in [0, 0.1) is 15.9 Å². The fraction of sp³-hybridized carbons (Fsp3) is 0.400. The minimum atomic E-state index is -0.835. The van der Waals surface area contributed by atoms with Gasteiger partial charge < -0.3 is 19.9 Å². The van der Waals surface area contributed by atoms with Crippen molar-refractivity contribution in [2.24, 2.45) is 0 Å². The zero-order valence-corrected chi connectivity index (χ0v) is 17.0. The van der Waals surface area contributed by atoms with Gasteiger partial charge in [0.1, 0.15) is 5.69 Å². The van der Waals surface area contributed by atoms with Crippen molar-refractivity contribution in [2.75, 3.05) is 30.5 Å². The van der Waals surface area contributed by atoms with E-state index in [9.17, 15) is 19.3 Å². The van der Waals surface area contributed by atoms with Crippen molar-refractivity contribution < 1.29 is 28.3 Å². The number of halogens is 1. The highest BCUT2D eigenvalue weighted by Gasteiger charge is 2.30. The van der Waals surface area contributed by atoms with Crippen LogP contribution in [0.1, 0.15) is 31.7 Å². The number of amides is 1. The Kier molecular flexibility index (Phi) is 7.06. The van der Waals surface area contributed by atoms with E-state index in [0.29, 0.717) is 25.0 Å². The first-order valence-corrected chi connectivity index (χ1v) is 9.84. The lowest BCUT2D eigenvalue weighted by molar-refractivity contribution is -0.383. The molecule has 0 fully saturated rings. The third-order valence-electron chi connectivity index (χ3n) is 4.57. The molecule has 166 valence electrons. The van der Waals surface area contributed by atoms with Crippen LogP contribution in [0.15, 0.2) is 24.3 Å². The first-order valence-electron chi connectivity index (χ1n) is 9.84. The van der Waals surface area contributed by atoms with Crippen molar-refractivity contribution in [1.82, 2.24) is 4.98 Å². The minimum Gasteiger partial charge on any atom is -0.491 e. The summed E-state index contributed by atoms with van der Waals surface area (Å²) < 4.78 is 30.4. The van der Waals surface area contributed by atoms with E-state index in [-0.39, 0.29) is 42.9 Å². The van der Waals surface area contributed by atoms with E-state index >= 15 is 0 Å². The summed E-state index contributed by atoms with van der Waals surface area (Å²) in [5, 5.41) is 11.7. The molecule has 0 unspecified atom stereocenters. The molecular formula is C20H23FN4O6. The van der Waals surface area contributed by atoms with Crippen molar-refractivity contribution >= 4 is 23.3 Å². The Hall–Kier alpha value is -3.63. The quantitative estimate of drug-likeness (QED) is 0.558. The molecule has 0 saturated carbocycles. The van der Waals surface area contributed by atoms with Crippen LogP contribution in [0.25, 0.3) is 0 Å². The number of fused-ring (bicyclic) bond motifs is 4.